The van der Waals surface area contributed by atoms with E-state index >= 15 is 0 Å². The summed E-state index contributed by atoms with van der Waals surface area (Å²) in [7, 11) is 1.22. The number of hydrogen-bond acceptors (Lipinski definition) is 4. The second-order valence-corrected chi connectivity index (χ2v) is 7.53. The van der Waals surface area contributed by atoms with Crippen molar-refractivity contribution in [3.8, 4) is 0 Å². The van der Waals surface area contributed by atoms with E-state index in [0.717, 1.165) is 12.1 Å². The fourth-order valence-electron chi connectivity index (χ4n) is 3.62. The van der Waals surface area contributed by atoms with Crippen molar-refractivity contribution in [2.24, 2.45) is 5.92 Å². The molecule has 2 N–H and O–H groups in total. The lowest BCUT2D eigenvalue weighted by atomic mass is 9.95. The summed E-state index contributed by atoms with van der Waals surface area (Å²) in [4.78, 5) is 33.5. The molecule has 10 heteroatoms. The highest BCUT2D eigenvalue weighted by Crippen LogP contribution is 2.35. The Balaban J connectivity index is 1.97. The van der Waals surface area contributed by atoms with Crippen molar-refractivity contribution in [3.63, 3.8) is 0 Å². The minimum Gasteiger partial charge on any atom is -0.467 e. The third kappa shape index (κ3) is 4.12. The Morgan fingerprint density at radius 3 is 2.70 bits per heavy atom. The molecule has 0 bridgehead atoms. The average molecular weight is 424 g/mol. The third-order valence-corrected chi connectivity index (χ3v) is 5.04. The van der Waals surface area contributed by atoms with Gasteiger partial charge in [0.2, 0.25) is 0 Å². The van der Waals surface area contributed by atoms with E-state index in [1.54, 1.807) is 0 Å². The molecule has 0 aliphatic carbocycles. The maximum absolute atomic E-state index is 14.6. The standard InChI is InChI=1S/C20H23F3N4O3/c1-10(2)8-14(19(28)30-3)26-20(29)27-7-6-13-17(25-9-24-13)18(27)11-4-5-12(21)16(23)15(11)22/h4-5,9-10,14,18H,6-8H2,1-3H3,(H,24,25)(H,26,29)/t14-,18-/m0/s1. The molecule has 0 unspecified atom stereocenters. The normalized spacial score (nSPS) is 16.9. The van der Waals surface area contributed by atoms with Gasteiger partial charge in [0, 0.05) is 24.2 Å². The van der Waals surface area contributed by atoms with Gasteiger partial charge in [0.15, 0.2) is 17.5 Å². The highest BCUT2D eigenvalue weighted by Gasteiger charge is 2.38. The SMILES string of the molecule is COC(=O)[C@H](CC(C)C)NC(=O)N1CCc2[nH]cnc2[C@@H]1c1ccc(F)c(F)c1F. The number of rotatable bonds is 5. The number of fused-ring (bicyclic) bond motifs is 1. The predicted octanol–water partition coefficient (Wildman–Crippen LogP) is 3.07. The number of aromatic nitrogens is 2. The van der Waals surface area contributed by atoms with E-state index in [9.17, 15) is 22.8 Å². The highest BCUT2D eigenvalue weighted by atomic mass is 19.2. The van der Waals surface area contributed by atoms with E-state index in [4.69, 9.17) is 4.74 Å². The van der Waals surface area contributed by atoms with Gasteiger partial charge in [0.25, 0.3) is 0 Å². The molecule has 2 heterocycles. The van der Waals surface area contributed by atoms with Crippen LogP contribution in [0, 0.1) is 23.4 Å². The number of nitrogens with zero attached hydrogens (tertiary/aromatic N) is 2. The Morgan fingerprint density at radius 1 is 1.30 bits per heavy atom. The Hall–Kier alpha value is -3.04. The number of esters is 1. The molecule has 3 rings (SSSR count). The molecule has 30 heavy (non-hydrogen) atoms. The lowest BCUT2D eigenvalue weighted by molar-refractivity contribution is -0.143. The van der Waals surface area contributed by atoms with Crippen LogP contribution in [-0.4, -0.2) is 46.6 Å². The molecule has 1 aromatic heterocycles. The van der Waals surface area contributed by atoms with Crippen molar-refractivity contribution < 1.29 is 27.5 Å². The third-order valence-electron chi connectivity index (χ3n) is 5.04. The molecule has 0 spiro atoms. The fraction of sp³-hybridized carbons (Fsp3) is 0.450. The number of ether oxygens (including phenoxy) is 1. The molecule has 1 aromatic carbocycles. The van der Waals surface area contributed by atoms with Crippen LogP contribution in [0.5, 0.6) is 0 Å². The van der Waals surface area contributed by atoms with Gasteiger partial charge in [0.05, 0.1) is 19.1 Å². The zero-order valence-corrected chi connectivity index (χ0v) is 16.8. The zero-order valence-electron chi connectivity index (χ0n) is 16.8. The summed E-state index contributed by atoms with van der Waals surface area (Å²) in [6, 6.07) is -0.755. The first-order chi connectivity index (χ1) is 14.2. The number of halogens is 3. The van der Waals surface area contributed by atoms with Gasteiger partial charge < -0.3 is 19.9 Å². The summed E-state index contributed by atoms with van der Waals surface area (Å²) in [5.41, 5.74) is 0.773. The van der Waals surface area contributed by atoms with Crippen molar-refractivity contribution in [1.29, 1.82) is 0 Å². The van der Waals surface area contributed by atoms with Gasteiger partial charge >= 0.3 is 12.0 Å². The molecule has 7 nitrogen and oxygen atoms in total. The molecule has 0 saturated carbocycles. The number of urea groups is 1. The van der Waals surface area contributed by atoms with Crippen molar-refractivity contribution >= 4 is 12.0 Å². The lowest BCUT2D eigenvalue weighted by Crippen LogP contribution is -2.52. The molecule has 1 aliphatic heterocycles. The van der Waals surface area contributed by atoms with Gasteiger partial charge in [-0.3, -0.25) is 0 Å². The molecule has 0 saturated heterocycles. The minimum absolute atomic E-state index is 0.0909. The van der Waals surface area contributed by atoms with Crippen LogP contribution in [0.2, 0.25) is 0 Å². The first-order valence-corrected chi connectivity index (χ1v) is 9.55. The number of H-pyrrole nitrogens is 1. The molecule has 0 radical (unpaired) electrons. The largest absolute Gasteiger partial charge is 0.467 e. The van der Waals surface area contributed by atoms with E-state index in [0.29, 0.717) is 24.2 Å². The molecular weight excluding hydrogens is 401 g/mol. The molecular formula is C20H23F3N4O3. The Morgan fingerprint density at radius 2 is 2.03 bits per heavy atom. The van der Waals surface area contributed by atoms with Crippen LogP contribution in [0.25, 0.3) is 0 Å². The van der Waals surface area contributed by atoms with E-state index in [1.807, 2.05) is 13.8 Å². The van der Waals surface area contributed by atoms with E-state index in [1.165, 1.54) is 18.3 Å². The number of imidazole rings is 1. The maximum Gasteiger partial charge on any atom is 0.328 e. The van der Waals surface area contributed by atoms with E-state index < -0.39 is 41.5 Å². The van der Waals surface area contributed by atoms with Crippen LogP contribution in [0.1, 0.15) is 43.3 Å². The number of amides is 2. The average Bonchev–Trinajstić information content (AvgIpc) is 3.19. The van der Waals surface area contributed by atoms with Gasteiger partial charge in [-0.15, -0.1) is 0 Å². The van der Waals surface area contributed by atoms with Crippen LogP contribution in [0.15, 0.2) is 18.5 Å². The molecule has 2 amide bonds. The molecule has 162 valence electrons. The first-order valence-electron chi connectivity index (χ1n) is 9.55. The Kier molecular flexibility index (Phi) is 6.33. The number of benzene rings is 1. The summed E-state index contributed by atoms with van der Waals surface area (Å²) in [6.45, 7) is 3.93. The summed E-state index contributed by atoms with van der Waals surface area (Å²) in [6.07, 6.45) is 2.13. The van der Waals surface area contributed by atoms with Gasteiger partial charge in [-0.25, -0.2) is 27.7 Å². The highest BCUT2D eigenvalue weighted by molar-refractivity contribution is 5.84. The molecule has 2 aromatic rings. The van der Waals surface area contributed by atoms with Crippen LogP contribution >= 0.6 is 0 Å². The van der Waals surface area contributed by atoms with Crippen molar-refractivity contribution in [1.82, 2.24) is 20.2 Å². The van der Waals surface area contributed by atoms with Crippen LogP contribution < -0.4 is 5.32 Å². The summed E-state index contributed by atoms with van der Waals surface area (Å²) < 4.78 is 46.8. The molecule has 1 aliphatic rings. The quantitative estimate of drug-likeness (QED) is 0.571. The predicted molar refractivity (Wildman–Crippen MR) is 101 cm³/mol. The number of carbonyl (C=O) groups excluding carboxylic acids is 2. The second kappa shape index (κ2) is 8.76. The van der Waals surface area contributed by atoms with Gasteiger partial charge in [0.1, 0.15) is 12.1 Å². The number of hydrogen-bond donors (Lipinski definition) is 2. The summed E-state index contributed by atoms with van der Waals surface area (Å²) in [5.74, 6) is -4.85. The molecule has 2 atom stereocenters. The van der Waals surface area contributed by atoms with Gasteiger partial charge in [-0.2, -0.15) is 0 Å². The Labute approximate surface area is 171 Å². The number of carbonyl (C=O) groups is 2. The smallest absolute Gasteiger partial charge is 0.328 e. The number of nitrogens with one attached hydrogen (secondary N) is 2. The van der Waals surface area contributed by atoms with Gasteiger partial charge in [-0.1, -0.05) is 19.9 Å². The van der Waals surface area contributed by atoms with Crippen molar-refractivity contribution in [2.75, 3.05) is 13.7 Å². The summed E-state index contributed by atoms with van der Waals surface area (Å²) in [5, 5.41) is 2.62. The second-order valence-electron chi connectivity index (χ2n) is 7.53. The van der Waals surface area contributed by atoms with Crippen LogP contribution in [0.4, 0.5) is 18.0 Å². The van der Waals surface area contributed by atoms with Crippen LogP contribution in [0.3, 0.4) is 0 Å². The monoisotopic (exact) mass is 424 g/mol. The lowest BCUT2D eigenvalue weighted by Gasteiger charge is -2.36. The molecule has 0 fully saturated rings. The van der Waals surface area contributed by atoms with E-state index in [2.05, 4.69) is 15.3 Å². The van der Waals surface area contributed by atoms with E-state index in [-0.39, 0.29) is 18.0 Å². The van der Waals surface area contributed by atoms with Gasteiger partial charge in [-0.05, 0) is 18.4 Å². The summed E-state index contributed by atoms with van der Waals surface area (Å²) >= 11 is 0. The minimum atomic E-state index is -1.62. The Bertz CT molecular complexity index is 947. The zero-order chi connectivity index (χ0) is 22.0. The fourth-order valence-corrected chi connectivity index (χ4v) is 3.62. The number of methoxy groups -OCH3 is 1. The van der Waals surface area contributed by atoms with Crippen molar-refractivity contribution in [2.45, 2.75) is 38.8 Å². The maximum atomic E-state index is 14.6. The topological polar surface area (TPSA) is 87.3 Å². The van der Waals surface area contributed by atoms with Crippen LogP contribution in [-0.2, 0) is 16.0 Å². The number of aromatic amines is 1. The van der Waals surface area contributed by atoms with Crippen molar-refractivity contribution in [3.05, 3.63) is 52.9 Å². The first kappa shape index (κ1) is 21.7.